The van der Waals surface area contributed by atoms with E-state index in [4.69, 9.17) is 4.74 Å². The summed E-state index contributed by atoms with van der Waals surface area (Å²) in [5.41, 5.74) is 0.878. The van der Waals surface area contributed by atoms with Crippen LogP contribution in [0.4, 0.5) is 5.69 Å². The molecule has 0 amide bonds. The van der Waals surface area contributed by atoms with Gasteiger partial charge >= 0.3 is 5.97 Å². The van der Waals surface area contributed by atoms with Gasteiger partial charge in [-0.15, -0.1) is 0 Å². The van der Waals surface area contributed by atoms with Gasteiger partial charge in [0.2, 0.25) is 0 Å². The van der Waals surface area contributed by atoms with Crippen molar-refractivity contribution < 1.29 is 14.5 Å². The van der Waals surface area contributed by atoms with Crippen LogP contribution in [-0.2, 0) is 4.74 Å². The number of hydrogen-bond acceptors (Lipinski definition) is 4. The van der Waals surface area contributed by atoms with Crippen LogP contribution in [0.2, 0.25) is 0 Å². The van der Waals surface area contributed by atoms with E-state index >= 15 is 0 Å². The van der Waals surface area contributed by atoms with Gasteiger partial charge in [0.05, 0.1) is 10.5 Å². The average Bonchev–Trinajstić information content (AvgIpc) is 2.46. The molecule has 0 heterocycles. The Labute approximate surface area is 137 Å². The van der Waals surface area contributed by atoms with Crippen LogP contribution < -0.4 is 0 Å². The van der Waals surface area contributed by atoms with Crippen molar-refractivity contribution in [1.29, 1.82) is 0 Å². The Bertz CT molecular complexity index is 597. The summed E-state index contributed by atoms with van der Waals surface area (Å²) < 4.78 is 5.77. The van der Waals surface area contributed by atoms with Gasteiger partial charge in [0.15, 0.2) is 0 Å². The Morgan fingerprint density at radius 3 is 2.61 bits per heavy atom. The molecule has 1 aromatic rings. The molecule has 1 aliphatic carbocycles. The minimum Gasteiger partial charge on any atom is -0.458 e. The summed E-state index contributed by atoms with van der Waals surface area (Å²) in [7, 11) is 0. The number of esters is 1. The molecular weight excluding hydrogens is 294 g/mol. The molecule has 1 fully saturated rings. The number of carbonyl (C=O) groups is 1. The number of nitrogens with zero attached hydrogens (tertiary/aromatic N) is 1. The highest BCUT2D eigenvalue weighted by Crippen LogP contribution is 2.35. The van der Waals surface area contributed by atoms with E-state index in [0.717, 1.165) is 12.8 Å². The van der Waals surface area contributed by atoms with Crippen molar-refractivity contribution >= 4 is 11.7 Å². The minimum absolute atomic E-state index is 0.0212. The molecule has 23 heavy (non-hydrogen) atoms. The summed E-state index contributed by atoms with van der Waals surface area (Å²) in [5.74, 6) is 1.03. The van der Waals surface area contributed by atoms with Gasteiger partial charge < -0.3 is 4.74 Å². The molecule has 0 saturated heterocycles. The summed E-state index contributed by atoms with van der Waals surface area (Å²) in [6.07, 6.45) is 3.08. The lowest BCUT2D eigenvalue weighted by atomic mass is 9.75. The number of rotatable bonds is 4. The van der Waals surface area contributed by atoms with Crippen molar-refractivity contribution in [3.05, 3.63) is 39.4 Å². The van der Waals surface area contributed by atoms with Crippen molar-refractivity contribution in [3.8, 4) is 0 Å². The van der Waals surface area contributed by atoms with Gasteiger partial charge in [-0.25, -0.2) is 4.79 Å². The maximum Gasteiger partial charge on any atom is 0.338 e. The first-order valence-electron chi connectivity index (χ1n) is 8.25. The Kier molecular flexibility index (Phi) is 5.39. The predicted molar refractivity (Wildman–Crippen MR) is 88.4 cm³/mol. The normalized spacial score (nSPS) is 24.5. The zero-order chi connectivity index (χ0) is 17.1. The molecule has 0 radical (unpaired) electrons. The highest BCUT2D eigenvalue weighted by molar-refractivity contribution is 5.90. The molecule has 2 rings (SSSR count). The molecule has 3 atom stereocenters. The van der Waals surface area contributed by atoms with Crippen LogP contribution in [0.25, 0.3) is 0 Å². The van der Waals surface area contributed by atoms with Crippen LogP contribution in [0, 0.1) is 34.8 Å². The second-order valence-corrected chi connectivity index (χ2v) is 7.03. The summed E-state index contributed by atoms with van der Waals surface area (Å²) in [6.45, 7) is 8.15. The van der Waals surface area contributed by atoms with Gasteiger partial charge in [0.25, 0.3) is 5.69 Å². The van der Waals surface area contributed by atoms with Crippen LogP contribution in [0.5, 0.6) is 0 Å². The first-order chi connectivity index (χ1) is 10.8. The monoisotopic (exact) mass is 319 g/mol. The zero-order valence-electron chi connectivity index (χ0n) is 14.2. The molecule has 0 bridgehead atoms. The summed E-state index contributed by atoms with van der Waals surface area (Å²) in [4.78, 5) is 22.8. The van der Waals surface area contributed by atoms with E-state index in [9.17, 15) is 14.9 Å². The maximum atomic E-state index is 12.4. The van der Waals surface area contributed by atoms with E-state index in [1.165, 1.54) is 24.6 Å². The van der Waals surface area contributed by atoms with Crippen LogP contribution in [-0.4, -0.2) is 17.0 Å². The third kappa shape index (κ3) is 4.09. The maximum absolute atomic E-state index is 12.4. The molecule has 5 nitrogen and oxygen atoms in total. The third-order valence-corrected chi connectivity index (χ3v) is 4.85. The highest BCUT2D eigenvalue weighted by Gasteiger charge is 2.33. The van der Waals surface area contributed by atoms with Crippen LogP contribution in [0.3, 0.4) is 0 Å². The van der Waals surface area contributed by atoms with Gasteiger partial charge in [-0.3, -0.25) is 10.1 Å². The van der Waals surface area contributed by atoms with Gasteiger partial charge in [0, 0.05) is 11.6 Å². The van der Waals surface area contributed by atoms with Crippen LogP contribution in [0.15, 0.2) is 18.2 Å². The molecule has 0 spiro atoms. The topological polar surface area (TPSA) is 69.4 Å². The minimum atomic E-state index is -0.442. The fourth-order valence-corrected chi connectivity index (χ4v) is 3.44. The summed E-state index contributed by atoms with van der Waals surface area (Å²) in [6, 6.07) is 4.39. The molecule has 0 N–H and O–H groups in total. The third-order valence-electron chi connectivity index (χ3n) is 4.85. The lowest BCUT2D eigenvalue weighted by Crippen LogP contribution is -2.35. The quantitative estimate of drug-likeness (QED) is 0.465. The number of benzene rings is 1. The second-order valence-electron chi connectivity index (χ2n) is 7.03. The molecule has 1 aliphatic rings. The summed E-state index contributed by atoms with van der Waals surface area (Å²) >= 11 is 0. The molecule has 1 aromatic carbocycles. The van der Waals surface area contributed by atoms with E-state index in [-0.39, 0.29) is 17.8 Å². The Balaban J connectivity index is 2.13. The van der Waals surface area contributed by atoms with Crippen LogP contribution >= 0.6 is 0 Å². The Morgan fingerprint density at radius 2 is 2.04 bits per heavy atom. The van der Waals surface area contributed by atoms with Crippen LogP contribution in [0.1, 0.15) is 56.0 Å². The van der Waals surface area contributed by atoms with Gasteiger partial charge in [-0.05, 0) is 49.7 Å². The largest absolute Gasteiger partial charge is 0.458 e. The van der Waals surface area contributed by atoms with Gasteiger partial charge in [-0.1, -0.05) is 27.2 Å². The molecule has 1 saturated carbocycles. The Hall–Kier alpha value is -1.91. The fourth-order valence-electron chi connectivity index (χ4n) is 3.44. The predicted octanol–water partition coefficient (Wildman–Crippen LogP) is 4.52. The van der Waals surface area contributed by atoms with Gasteiger partial charge in [-0.2, -0.15) is 0 Å². The summed E-state index contributed by atoms with van der Waals surface area (Å²) in [5, 5.41) is 10.9. The highest BCUT2D eigenvalue weighted by atomic mass is 16.6. The van der Waals surface area contributed by atoms with E-state index in [1.54, 1.807) is 6.92 Å². The molecular formula is C18H25NO4. The number of hydrogen-bond donors (Lipinski definition) is 0. The number of nitro groups is 1. The van der Waals surface area contributed by atoms with Crippen molar-refractivity contribution in [1.82, 2.24) is 0 Å². The SMILES string of the molecule is Cc1cc(C(=O)OC2CC(C)CCC2C(C)C)ccc1[N+](=O)[O-]. The molecule has 0 aromatic heterocycles. The zero-order valence-corrected chi connectivity index (χ0v) is 14.2. The van der Waals surface area contributed by atoms with Gasteiger partial charge in [0.1, 0.15) is 6.10 Å². The number of ether oxygens (including phenoxy) is 1. The smallest absolute Gasteiger partial charge is 0.338 e. The number of aryl methyl sites for hydroxylation is 1. The van der Waals surface area contributed by atoms with E-state index in [2.05, 4.69) is 20.8 Å². The standard InChI is InChI=1S/C18H25NO4/c1-11(2)15-7-5-12(3)9-17(15)23-18(20)14-6-8-16(19(21)22)13(4)10-14/h6,8,10-12,15,17H,5,7,9H2,1-4H3. The molecule has 3 unspecified atom stereocenters. The fraction of sp³-hybridized carbons (Fsp3) is 0.611. The average molecular weight is 319 g/mol. The lowest BCUT2D eigenvalue weighted by Gasteiger charge is -2.36. The van der Waals surface area contributed by atoms with E-state index < -0.39 is 4.92 Å². The van der Waals surface area contributed by atoms with Crippen molar-refractivity contribution in [2.45, 2.75) is 53.1 Å². The van der Waals surface area contributed by atoms with E-state index in [0.29, 0.717) is 28.9 Å². The molecule has 126 valence electrons. The number of nitro benzene ring substituents is 1. The van der Waals surface area contributed by atoms with Crippen molar-refractivity contribution in [2.75, 3.05) is 0 Å². The first-order valence-corrected chi connectivity index (χ1v) is 8.25. The van der Waals surface area contributed by atoms with Crippen molar-refractivity contribution in [2.24, 2.45) is 17.8 Å². The Morgan fingerprint density at radius 1 is 1.35 bits per heavy atom. The van der Waals surface area contributed by atoms with E-state index in [1.807, 2.05) is 0 Å². The molecule has 5 heteroatoms. The first kappa shape index (κ1) is 17.4. The van der Waals surface area contributed by atoms with Crippen molar-refractivity contribution in [3.63, 3.8) is 0 Å². The molecule has 0 aliphatic heterocycles. The number of carbonyl (C=O) groups excluding carboxylic acids is 1. The lowest BCUT2D eigenvalue weighted by molar-refractivity contribution is -0.385. The second kappa shape index (κ2) is 7.11.